The predicted molar refractivity (Wildman–Crippen MR) is 90.8 cm³/mol. The molecule has 9 heteroatoms. The lowest BCUT2D eigenvalue weighted by Crippen LogP contribution is -2.14. The predicted octanol–water partition coefficient (Wildman–Crippen LogP) is 4.08. The van der Waals surface area contributed by atoms with E-state index in [2.05, 4.69) is 31.3 Å². The molecule has 0 radical (unpaired) electrons. The van der Waals surface area contributed by atoms with E-state index in [1.165, 1.54) is 6.26 Å². The van der Waals surface area contributed by atoms with Crippen molar-refractivity contribution in [3.8, 4) is 0 Å². The Morgan fingerprint density at radius 2 is 2.25 bits per heavy atom. The van der Waals surface area contributed by atoms with Gasteiger partial charge in [-0.25, -0.2) is 4.79 Å². The molecule has 1 amide bonds. The normalized spacial score (nSPS) is 10.6. The number of halogens is 2. The van der Waals surface area contributed by atoms with Gasteiger partial charge in [-0.15, -0.1) is 0 Å². The third-order valence-corrected chi connectivity index (χ3v) is 3.78. The monoisotopic (exact) mass is 410 g/mol. The van der Waals surface area contributed by atoms with Crippen molar-refractivity contribution in [1.82, 2.24) is 14.8 Å². The summed E-state index contributed by atoms with van der Waals surface area (Å²) in [5.74, 6) is 0.674. The lowest BCUT2D eigenvalue weighted by molar-refractivity contribution is 0.155. The zero-order valence-corrected chi connectivity index (χ0v) is 14.6. The molecular formula is C15H12BrClN4O3. The van der Waals surface area contributed by atoms with Gasteiger partial charge in [-0.2, -0.15) is 10.1 Å². The van der Waals surface area contributed by atoms with Crippen LogP contribution in [0.25, 0.3) is 0 Å². The molecule has 0 saturated heterocycles. The van der Waals surface area contributed by atoms with Crippen LogP contribution in [0, 0.1) is 0 Å². The lowest BCUT2D eigenvalue weighted by atomic mass is 10.2. The summed E-state index contributed by atoms with van der Waals surface area (Å²) in [6, 6.07) is 7.14. The number of amides is 1. The maximum absolute atomic E-state index is 11.8. The number of oxazole rings is 1. The number of anilines is 1. The second-order valence-electron chi connectivity index (χ2n) is 4.78. The van der Waals surface area contributed by atoms with Crippen LogP contribution in [0.15, 0.2) is 51.8 Å². The summed E-state index contributed by atoms with van der Waals surface area (Å²) in [6.45, 7) is 0.416. The summed E-state index contributed by atoms with van der Waals surface area (Å²) < 4.78 is 12.9. The Balaban J connectivity index is 1.52. The third-order valence-electron chi connectivity index (χ3n) is 3.00. The standard InChI is InChI=1S/C15H12BrClN4O3/c16-11-5-18-21(6-11)7-14-19-13(9-23-14)20-15(22)24-8-10-3-1-2-4-12(10)17/h1-6,9H,7-8H2,(H,20,22). The molecular weight excluding hydrogens is 400 g/mol. The Morgan fingerprint density at radius 3 is 3.00 bits per heavy atom. The fraction of sp³-hybridized carbons (Fsp3) is 0.133. The zero-order valence-electron chi connectivity index (χ0n) is 12.3. The van der Waals surface area contributed by atoms with Crippen LogP contribution in [0.1, 0.15) is 11.5 Å². The number of benzene rings is 1. The molecule has 124 valence electrons. The van der Waals surface area contributed by atoms with Crippen molar-refractivity contribution in [2.24, 2.45) is 0 Å². The van der Waals surface area contributed by atoms with E-state index < -0.39 is 6.09 Å². The van der Waals surface area contributed by atoms with E-state index in [1.54, 1.807) is 35.3 Å². The van der Waals surface area contributed by atoms with E-state index in [1.807, 2.05) is 6.07 Å². The fourth-order valence-corrected chi connectivity index (χ4v) is 2.42. The highest BCUT2D eigenvalue weighted by molar-refractivity contribution is 9.10. The van der Waals surface area contributed by atoms with E-state index in [0.29, 0.717) is 17.5 Å². The average Bonchev–Trinajstić information content (AvgIpc) is 3.16. The smallest absolute Gasteiger partial charge is 0.413 e. The molecule has 0 spiro atoms. The van der Waals surface area contributed by atoms with Crippen LogP contribution < -0.4 is 5.32 Å². The van der Waals surface area contributed by atoms with Gasteiger partial charge in [0.25, 0.3) is 0 Å². The van der Waals surface area contributed by atoms with Crippen molar-refractivity contribution in [1.29, 1.82) is 0 Å². The van der Waals surface area contributed by atoms with Crippen molar-refractivity contribution < 1.29 is 13.9 Å². The van der Waals surface area contributed by atoms with Gasteiger partial charge in [0, 0.05) is 16.8 Å². The summed E-state index contributed by atoms with van der Waals surface area (Å²) >= 11 is 9.31. The number of ether oxygens (including phenoxy) is 1. The highest BCUT2D eigenvalue weighted by Gasteiger charge is 2.10. The molecule has 0 unspecified atom stereocenters. The fourth-order valence-electron chi connectivity index (χ4n) is 1.90. The first-order chi connectivity index (χ1) is 11.6. The number of hydrogen-bond donors (Lipinski definition) is 1. The van der Waals surface area contributed by atoms with Crippen LogP contribution >= 0.6 is 27.5 Å². The van der Waals surface area contributed by atoms with Crippen LogP contribution in [0.5, 0.6) is 0 Å². The van der Waals surface area contributed by atoms with Crippen LogP contribution in [-0.4, -0.2) is 20.9 Å². The van der Waals surface area contributed by atoms with Gasteiger partial charge in [-0.3, -0.25) is 10.00 Å². The molecule has 7 nitrogen and oxygen atoms in total. The highest BCUT2D eigenvalue weighted by Crippen LogP contribution is 2.16. The minimum absolute atomic E-state index is 0.0670. The summed E-state index contributed by atoms with van der Waals surface area (Å²) in [4.78, 5) is 15.9. The molecule has 1 aromatic carbocycles. The molecule has 3 rings (SSSR count). The van der Waals surface area contributed by atoms with E-state index in [-0.39, 0.29) is 12.4 Å². The van der Waals surface area contributed by atoms with Crippen molar-refractivity contribution in [3.63, 3.8) is 0 Å². The Kier molecular flexibility index (Phi) is 5.17. The van der Waals surface area contributed by atoms with Gasteiger partial charge >= 0.3 is 6.09 Å². The molecule has 0 saturated carbocycles. The van der Waals surface area contributed by atoms with Crippen molar-refractivity contribution in [2.75, 3.05) is 5.32 Å². The molecule has 0 aliphatic heterocycles. The van der Waals surface area contributed by atoms with Gasteiger partial charge in [0.2, 0.25) is 5.89 Å². The number of carbonyl (C=O) groups is 1. The molecule has 0 fully saturated rings. The Morgan fingerprint density at radius 1 is 1.42 bits per heavy atom. The molecule has 0 aliphatic rings. The largest absolute Gasteiger partial charge is 0.445 e. The molecule has 2 heterocycles. The molecule has 2 aromatic heterocycles. The van der Waals surface area contributed by atoms with Gasteiger partial charge in [0.05, 0.1) is 10.7 Å². The Hall–Kier alpha value is -2.32. The van der Waals surface area contributed by atoms with Crippen LogP contribution in [0.4, 0.5) is 10.6 Å². The van der Waals surface area contributed by atoms with E-state index in [4.69, 9.17) is 20.8 Å². The Bertz CT molecular complexity index is 849. The first-order valence-corrected chi connectivity index (χ1v) is 8.07. The minimum atomic E-state index is -0.642. The summed E-state index contributed by atoms with van der Waals surface area (Å²) in [5, 5.41) is 7.13. The SMILES string of the molecule is O=C(Nc1coc(Cn2cc(Br)cn2)n1)OCc1ccccc1Cl. The van der Waals surface area contributed by atoms with Gasteiger partial charge in [-0.1, -0.05) is 29.8 Å². The maximum atomic E-state index is 11.8. The number of hydrogen-bond acceptors (Lipinski definition) is 5. The van der Waals surface area contributed by atoms with Crippen molar-refractivity contribution in [3.05, 3.63) is 63.9 Å². The number of carbonyl (C=O) groups excluding carboxylic acids is 1. The first kappa shape index (κ1) is 16.5. The minimum Gasteiger partial charge on any atom is -0.445 e. The maximum Gasteiger partial charge on any atom is 0.413 e. The quantitative estimate of drug-likeness (QED) is 0.684. The number of nitrogens with one attached hydrogen (secondary N) is 1. The van der Waals surface area contributed by atoms with Crippen LogP contribution in [0.2, 0.25) is 5.02 Å². The van der Waals surface area contributed by atoms with Gasteiger partial charge in [0.15, 0.2) is 5.82 Å². The van der Waals surface area contributed by atoms with Crippen LogP contribution in [-0.2, 0) is 17.9 Å². The molecule has 0 atom stereocenters. The van der Waals surface area contributed by atoms with E-state index in [0.717, 1.165) is 10.0 Å². The van der Waals surface area contributed by atoms with Crippen molar-refractivity contribution in [2.45, 2.75) is 13.2 Å². The molecule has 0 aliphatic carbocycles. The highest BCUT2D eigenvalue weighted by atomic mass is 79.9. The second-order valence-corrected chi connectivity index (χ2v) is 6.10. The zero-order chi connectivity index (χ0) is 16.9. The van der Waals surface area contributed by atoms with Gasteiger partial charge < -0.3 is 9.15 Å². The first-order valence-electron chi connectivity index (χ1n) is 6.90. The second kappa shape index (κ2) is 7.50. The molecule has 24 heavy (non-hydrogen) atoms. The number of nitrogens with zero attached hydrogens (tertiary/aromatic N) is 3. The van der Waals surface area contributed by atoms with Gasteiger partial charge in [0.1, 0.15) is 19.4 Å². The van der Waals surface area contributed by atoms with E-state index >= 15 is 0 Å². The lowest BCUT2D eigenvalue weighted by Gasteiger charge is -2.06. The van der Waals surface area contributed by atoms with E-state index in [9.17, 15) is 4.79 Å². The summed E-state index contributed by atoms with van der Waals surface area (Å²) in [7, 11) is 0. The van der Waals surface area contributed by atoms with Gasteiger partial charge in [-0.05, 0) is 22.0 Å². The molecule has 0 bridgehead atoms. The summed E-state index contributed by atoms with van der Waals surface area (Å²) in [5.41, 5.74) is 0.722. The summed E-state index contributed by atoms with van der Waals surface area (Å²) in [6.07, 6.45) is 4.14. The Labute approximate surface area is 150 Å². The van der Waals surface area contributed by atoms with Crippen LogP contribution in [0.3, 0.4) is 0 Å². The third kappa shape index (κ3) is 4.36. The number of rotatable bonds is 5. The molecule has 1 N–H and O–H groups in total. The van der Waals surface area contributed by atoms with Crippen molar-refractivity contribution >= 4 is 39.4 Å². The average molecular weight is 412 g/mol. The number of aromatic nitrogens is 3. The topological polar surface area (TPSA) is 82.2 Å². The molecule has 3 aromatic rings.